The van der Waals surface area contributed by atoms with Crippen molar-refractivity contribution in [2.75, 3.05) is 38.0 Å². The zero-order valence-corrected chi connectivity index (χ0v) is 20.9. The van der Waals surface area contributed by atoms with Gasteiger partial charge in [0, 0.05) is 0 Å². The first-order valence-electron chi connectivity index (χ1n) is 7.90. The Morgan fingerprint density at radius 3 is 1.36 bits per heavy atom. The Kier molecular flexibility index (Phi) is 6.63. The topological polar surface area (TPSA) is 9.72 Å². The molecule has 6 heteroatoms. The van der Waals surface area contributed by atoms with Gasteiger partial charge < -0.3 is 0 Å². The van der Waals surface area contributed by atoms with Crippen LogP contribution in [0.15, 0.2) is 18.2 Å². The predicted molar refractivity (Wildman–Crippen MR) is 109 cm³/mol. The molecule has 0 heterocycles. The molecule has 124 valence electrons. The maximum atomic E-state index is 3.03. The Labute approximate surface area is 150 Å². The monoisotopic (exact) mass is 443 g/mol. The van der Waals surface area contributed by atoms with Crippen molar-refractivity contribution in [3.05, 3.63) is 18.2 Å². The zero-order chi connectivity index (χ0) is 17.3. The van der Waals surface area contributed by atoms with Crippen molar-refractivity contribution in [1.82, 2.24) is 2.45 Å². The van der Waals surface area contributed by atoms with E-state index in [0.29, 0.717) is 0 Å². The quantitative estimate of drug-likeness (QED) is 0.628. The fraction of sp³-hybridized carbons (Fsp3) is 0.625. The van der Waals surface area contributed by atoms with Crippen LogP contribution in [0.3, 0.4) is 0 Å². The molecule has 0 fully saturated rings. The summed E-state index contributed by atoms with van der Waals surface area (Å²) in [5.74, 6) is 0. The number of benzene rings is 1. The van der Waals surface area contributed by atoms with Crippen molar-refractivity contribution in [3.8, 4) is 0 Å². The Bertz CT molecular complexity index is 465. The number of hydrogen-bond acceptors (Lipinski definition) is 3. The minimum atomic E-state index is -1.29. The molecule has 0 unspecified atom stereocenters. The van der Waals surface area contributed by atoms with Crippen LogP contribution in [0, 0.1) is 0 Å². The maximum absolute atomic E-state index is 3.03. The van der Waals surface area contributed by atoms with Crippen LogP contribution in [-0.4, -0.2) is 68.5 Å². The second kappa shape index (κ2) is 7.27. The number of hydrogen-bond donors (Lipinski definition) is 0. The predicted octanol–water partition coefficient (Wildman–Crippen LogP) is 3.03. The van der Waals surface area contributed by atoms with Gasteiger partial charge in [0.2, 0.25) is 0 Å². The van der Waals surface area contributed by atoms with Crippen molar-refractivity contribution in [1.29, 1.82) is 0 Å². The van der Waals surface area contributed by atoms with Crippen molar-refractivity contribution in [3.63, 3.8) is 0 Å². The minimum absolute atomic E-state index is 0.820. The van der Waals surface area contributed by atoms with Gasteiger partial charge >= 0.3 is 151 Å². The summed E-state index contributed by atoms with van der Waals surface area (Å²) >= 11 is -0.820. The van der Waals surface area contributed by atoms with Crippen LogP contribution in [0.25, 0.3) is 0 Å². The number of rotatable bonds is 6. The molecule has 1 aromatic carbocycles. The van der Waals surface area contributed by atoms with Crippen LogP contribution in [0.1, 0.15) is 0 Å². The summed E-state index contributed by atoms with van der Waals surface area (Å²) in [4.78, 5) is 4.57. The van der Waals surface area contributed by atoms with E-state index in [-0.39, 0.29) is 0 Å². The van der Waals surface area contributed by atoms with Crippen LogP contribution >= 0.6 is 0 Å². The van der Waals surface area contributed by atoms with Crippen molar-refractivity contribution in [2.45, 2.75) is 39.3 Å². The first-order valence-corrected chi connectivity index (χ1v) is 17.5. The standard InChI is InChI=1S/C10H15N2.C6H18NSi2.Sn/c1-11(2)9-6-5-7-10(8-9)12(3)4;1-8(2,3)7-9(4,5)6;/h5-7H,1-4H3;1-6H3;/q;-1;+1. The van der Waals surface area contributed by atoms with Gasteiger partial charge in [-0.15, -0.1) is 0 Å². The van der Waals surface area contributed by atoms with Gasteiger partial charge in [-0.05, 0) is 0 Å². The number of anilines is 2. The molecule has 3 nitrogen and oxygen atoms in total. The molecule has 0 amide bonds. The van der Waals surface area contributed by atoms with Gasteiger partial charge in [-0.2, -0.15) is 0 Å². The van der Waals surface area contributed by atoms with Gasteiger partial charge in [0.25, 0.3) is 0 Å². The Hall–Kier alpha value is 0.0125. The van der Waals surface area contributed by atoms with E-state index in [9.17, 15) is 0 Å². The molecule has 0 aromatic heterocycles. The molecule has 0 aliphatic heterocycles. The summed E-state index contributed by atoms with van der Waals surface area (Å²) in [5, 5.41) is 0. The molecule has 0 saturated carbocycles. The fourth-order valence-corrected chi connectivity index (χ4v) is 21.9. The zero-order valence-electron chi connectivity index (χ0n) is 16.1. The van der Waals surface area contributed by atoms with Gasteiger partial charge in [0.05, 0.1) is 0 Å². The number of nitrogens with zero attached hydrogens (tertiary/aromatic N) is 3. The third kappa shape index (κ3) is 5.01. The van der Waals surface area contributed by atoms with Crippen molar-refractivity contribution >= 4 is 52.8 Å². The Morgan fingerprint density at radius 2 is 1.09 bits per heavy atom. The Morgan fingerprint density at radius 1 is 0.727 bits per heavy atom. The summed E-state index contributed by atoms with van der Waals surface area (Å²) in [6.45, 7) is 15.1. The second-order valence-electron chi connectivity index (χ2n) is 8.25. The van der Waals surface area contributed by atoms with E-state index in [4.69, 9.17) is 0 Å². The summed E-state index contributed by atoms with van der Waals surface area (Å²) < 4.78 is 4.66. The summed E-state index contributed by atoms with van der Waals surface area (Å²) in [7, 11) is 6.11. The Balaban J connectivity index is 3.41. The third-order valence-corrected chi connectivity index (χ3v) is 26.0. The second-order valence-corrected chi connectivity index (χ2v) is 24.2. The van der Waals surface area contributed by atoms with Gasteiger partial charge in [0.15, 0.2) is 0 Å². The summed E-state index contributed by atoms with van der Waals surface area (Å²) in [6, 6.07) is 6.77. The van der Waals surface area contributed by atoms with E-state index in [1.807, 2.05) is 0 Å². The van der Waals surface area contributed by atoms with E-state index in [2.05, 4.69) is 97.9 Å². The molecule has 0 saturated heterocycles. The van der Waals surface area contributed by atoms with Crippen LogP contribution < -0.4 is 13.4 Å². The van der Waals surface area contributed by atoms with Gasteiger partial charge in [-0.3, -0.25) is 0 Å². The van der Waals surface area contributed by atoms with Crippen LogP contribution in [-0.2, 0) is 0 Å². The molecular weight excluding hydrogens is 409 g/mol. The van der Waals surface area contributed by atoms with Gasteiger partial charge in [-0.25, -0.2) is 0 Å². The van der Waals surface area contributed by atoms with E-state index in [1.54, 1.807) is 3.58 Å². The average molecular weight is 442 g/mol. The first-order chi connectivity index (χ1) is 9.85. The van der Waals surface area contributed by atoms with Gasteiger partial charge in [0.1, 0.15) is 0 Å². The first kappa shape index (κ1) is 20.1. The molecule has 0 aliphatic rings. The fourth-order valence-electron chi connectivity index (χ4n) is 2.84. The molecule has 0 bridgehead atoms. The van der Waals surface area contributed by atoms with Gasteiger partial charge in [-0.1, -0.05) is 0 Å². The molecule has 0 aliphatic carbocycles. The van der Waals surface area contributed by atoms with E-state index < -0.39 is 37.9 Å². The molecule has 2 radical (unpaired) electrons. The van der Waals surface area contributed by atoms with Crippen LogP contribution in [0.4, 0.5) is 11.4 Å². The SMILES string of the molecule is CN(C)c1cccc(N(C)C)[c]1[Sn][N]([Si](C)(C)C)[Si](C)(C)C. The van der Waals surface area contributed by atoms with E-state index >= 15 is 0 Å². The summed E-state index contributed by atoms with van der Waals surface area (Å²) in [6.07, 6.45) is 0. The molecule has 0 N–H and O–H groups in total. The average Bonchev–Trinajstić information content (AvgIpc) is 2.32. The van der Waals surface area contributed by atoms with E-state index in [0.717, 1.165) is 0 Å². The van der Waals surface area contributed by atoms with Crippen molar-refractivity contribution in [2.24, 2.45) is 0 Å². The van der Waals surface area contributed by atoms with Crippen LogP contribution in [0.5, 0.6) is 0 Å². The molecule has 0 spiro atoms. The molecule has 0 atom stereocenters. The molecular formula is C16H33N3Si2Sn. The third-order valence-electron chi connectivity index (χ3n) is 3.55. The summed E-state index contributed by atoms with van der Waals surface area (Å²) in [5.41, 5.74) is 2.83. The van der Waals surface area contributed by atoms with E-state index in [1.165, 1.54) is 11.4 Å². The molecule has 1 rings (SSSR count). The van der Waals surface area contributed by atoms with Crippen molar-refractivity contribution < 1.29 is 0 Å². The molecule has 1 aromatic rings. The normalized spacial score (nSPS) is 12.7. The van der Waals surface area contributed by atoms with Crippen LogP contribution in [0.2, 0.25) is 39.3 Å². The molecule has 22 heavy (non-hydrogen) atoms.